The van der Waals surface area contributed by atoms with Gasteiger partial charge in [-0.25, -0.2) is 0 Å². The molecule has 1 fully saturated rings. The second-order valence-electron chi connectivity index (χ2n) is 7.69. The van der Waals surface area contributed by atoms with Gasteiger partial charge in [-0.1, -0.05) is 24.3 Å². The van der Waals surface area contributed by atoms with Gasteiger partial charge in [-0.05, 0) is 36.8 Å². The SMILES string of the molecule is Cl.O=C(C1CCc2ccccc21)N1CCC(c2nnc3n2CCNC3)CC1. The predicted octanol–water partition coefficient (Wildman–Crippen LogP) is 2.24. The third-order valence-corrected chi connectivity index (χ3v) is 6.25. The normalized spacial score (nSPS) is 22.1. The number of likely N-dealkylation sites (tertiary alicyclic amines) is 1. The average Bonchev–Trinajstić information content (AvgIpc) is 3.32. The van der Waals surface area contributed by atoms with Gasteiger partial charge in [0.1, 0.15) is 11.6 Å². The van der Waals surface area contributed by atoms with Crippen molar-refractivity contribution in [2.75, 3.05) is 19.6 Å². The van der Waals surface area contributed by atoms with Gasteiger partial charge < -0.3 is 14.8 Å². The fraction of sp³-hybridized carbons (Fsp3) is 0.550. The van der Waals surface area contributed by atoms with E-state index in [1.165, 1.54) is 11.1 Å². The zero-order valence-corrected chi connectivity index (χ0v) is 16.2. The Kier molecular flexibility index (Phi) is 5.19. The molecule has 144 valence electrons. The van der Waals surface area contributed by atoms with E-state index in [2.05, 4.69) is 49.2 Å². The molecule has 1 unspecified atom stereocenters. The maximum Gasteiger partial charge on any atom is 0.230 e. The molecule has 5 rings (SSSR count). The Morgan fingerprint density at radius 3 is 2.74 bits per heavy atom. The quantitative estimate of drug-likeness (QED) is 0.858. The summed E-state index contributed by atoms with van der Waals surface area (Å²) in [5, 5.41) is 12.2. The molecule has 1 atom stereocenters. The lowest BCUT2D eigenvalue weighted by Gasteiger charge is -2.33. The summed E-state index contributed by atoms with van der Waals surface area (Å²) in [6, 6.07) is 8.43. The first-order valence-corrected chi connectivity index (χ1v) is 9.80. The molecular weight excluding hydrogens is 362 g/mol. The first kappa shape index (κ1) is 18.4. The molecule has 1 aromatic carbocycles. The van der Waals surface area contributed by atoms with Gasteiger partial charge in [0.2, 0.25) is 5.91 Å². The summed E-state index contributed by atoms with van der Waals surface area (Å²) in [6.45, 7) is 4.42. The minimum atomic E-state index is 0. The number of benzene rings is 1. The van der Waals surface area contributed by atoms with Crippen molar-refractivity contribution in [3.63, 3.8) is 0 Å². The Balaban J connectivity index is 0.00000180. The molecular formula is C20H26ClN5O. The molecule has 2 aromatic rings. The van der Waals surface area contributed by atoms with E-state index in [0.29, 0.717) is 11.8 Å². The van der Waals surface area contributed by atoms with Crippen LogP contribution < -0.4 is 5.32 Å². The number of nitrogens with one attached hydrogen (secondary N) is 1. The lowest BCUT2D eigenvalue weighted by Crippen LogP contribution is -2.41. The zero-order valence-electron chi connectivity index (χ0n) is 15.4. The maximum absolute atomic E-state index is 13.1. The number of amides is 1. The number of carbonyl (C=O) groups excluding carboxylic acids is 1. The lowest BCUT2D eigenvalue weighted by molar-refractivity contribution is -0.133. The summed E-state index contributed by atoms with van der Waals surface area (Å²) >= 11 is 0. The highest BCUT2D eigenvalue weighted by molar-refractivity contribution is 5.85. The molecule has 0 radical (unpaired) electrons. The number of rotatable bonds is 2. The van der Waals surface area contributed by atoms with E-state index in [4.69, 9.17) is 0 Å². The largest absolute Gasteiger partial charge is 0.342 e. The van der Waals surface area contributed by atoms with Crippen LogP contribution in [-0.2, 0) is 24.3 Å². The van der Waals surface area contributed by atoms with Crippen LogP contribution >= 0.6 is 12.4 Å². The third-order valence-electron chi connectivity index (χ3n) is 6.25. The standard InChI is InChI=1S/C20H25N5O.ClH/c26-20(17-6-5-14-3-1-2-4-16(14)17)24-10-7-15(8-11-24)19-23-22-18-13-21-9-12-25(18)19;/h1-4,15,17,21H,5-13H2;1H. The van der Waals surface area contributed by atoms with Crippen LogP contribution in [0.1, 0.15) is 53.9 Å². The number of hydrogen-bond acceptors (Lipinski definition) is 4. The summed E-state index contributed by atoms with van der Waals surface area (Å²) in [5.41, 5.74) is 2.60. The molecule has 1 N–H and O–H groups in total. The number of fused-ring (bicyclic) bond motifs is 2. The topological polar surface area (TPSA) is 63.1 Å². The van der Waals surface area contributed by atoms with Crippen molar-refractivity contribution in [2.45, 2.75) is 50.6 Å². The fourth-order valence-electron chi connectivity index (χ4n) is 4.81. The Morgan fingerprint density at radius 1 is 1.07 bits per heavy atom. The van der Waals surface area contributed by atoms with Crippen LogP contribution in [0.15, 0.2) is 24.3 Å². The molecule has 1 saturated heterocycles. The van der Waals surface area contributed by atoms with E-state index >= 15 is 0 Å². The van der Waals surface area contributed by atoms with E-state index in [1.54, 1.807) is 0 Å². The first-order chi connectivity index (χ1) is 12.8. The molecule has 1 aliphatic carbocycles. The summed E-state index contributed by atoms with van der Waals surface area (Å²) in [7, 11) is 0. The Morgan fingerprint density at radius 2 is 1.89 bits per heavy atom. The Hall–Kier alpha value is -1.92. The van der Waals surface area contributed by atoms with Crippen molar-refractivity contribution in [1.82, 2.24) is 25.0 Å². The first-order valence-electron chi connectivity index (χ1n) is 9.80. The van der Waals surface area contributed by atoms with E-state index in [1.807, 2.05) is 0 Å². The van der Waals surface area contributed by atoms with Gasteiger partial charge >= 0.3 is 0 Å². The molecule has 1 amide bonds. The molecule has 3 aliphatic rings. The van der Waals surface area contributed by atoms with E-state index in [-0.39, 0.29) is 18.3 Å². The van der Waals surface area contributed by atoms with Crippen molar-refractivity contribution < 1.29 is 4.79 Å². The highest BCUT2D eigenvalue weighted by Gasteiger charge is 2.34. The third kappa shape index (κ3) is 3.25. The molecule has 1 aromatic heterocycles. The van der Waals surface area contributed by atoms with Crippen LogP contribution in [0.2, 0.25) is 0 Å². The number of nitrogens with zero attached hydrogens (tertiary/aromatic N) is 4. The highest BCUT2D eigenvalue weighted by Crippen LogP contribution is 2.36. The van der Waals surface area contributed by atoms with Crippen LogP contribution in [0.3, 0.4) is 0 Å². The summed E-state index contributed by atoms with van der Waals surface area (Å²) < 4.78 is 2.28. The predicted molar refractivity (Wildman–Crippen MR) is 105 cm³/mol. The molecule has 0 bridgehead atoms. The number of hydrogen-bond donors (Lipinski definition) is 1. The molecule has 0 spiro atoms. The summed E-state index contributed by atoms with van der Waals surface area (Å²) in [5.74, 6) is 2.98. The Bertz CT molecular complexity index is 828. The minimum absolute atomic E-state index is 0. The van der Waals surface area contributed by atoms with Gasteiger partial charge in [-0.2, -0.15) is 0 Å². The van der Waals surface area contributed by atoms with Crippen LogP contribution in [0, 0.1) is 0 Å². The summed E-state index contributed by atoms with van der Waals surface area (Å²) in [6.07, 6.45) is 3.98. The lowest BCUT2D eigenvalue weighted by atomic mass is 9.93. The van der Waals surface area contributed by atoms with Crippen LogP contribution in [0.4, 0.5) is 0 Å². The molecule has 3 heterocycles. The molecule has 0 saturated carbocycles. The maximum atomic E-state index is 13.1. The molecule has 7 heteroatoms. The van der Waals surface area contributed by atoms with Gasteiger partial charge in [-0.15, -0.1) is 22.6 Å². The fourth-order valence-corrected chi connectivity index (χ4v) is 4.81. The Labute approximate surface area is 165 Å². The zero-order chi connectivity index (χ0) is 17.5. The van der Waals surface area contributed by atoms with Crippen LogP contribution in [0.5, 0.6) is 0 Å². The van der Waals surface area contributed by atoms with E-state index in [0.717, 1.165) is 70.1 Å². The molecule has 27 heavy (non-hydrogen) atoms. The number of aromatic nitrogens is 3. The number of piperidine rings is 1. The number of carbonyl (C=O) groups is 1. The van der Waals surface area contributed by atoms with Crippen LogP contribution in [0.25, 0.3) is 0 Å². The summed E-state index contributed by atoms with van der Waals surface area (Å²) in [4.78, 5) is 15.2. The second-order valence-corrected chi connectivity index (χ2v) is 7.69. The van der Waals surface area contributed by atoms with Crippen molar-refractivity contribution in [3.8, 4) is 0 Å². The second kappa shape index (κ2) is 7.60. The molecule has 6 nitrogen and oxygen atoms in total. The highest BCUT2D eigenvalue weighted by atomic mass is 35.5. The van der Waals surface area contributed by atoms with Gasteiger partial charge in [0.05, 0.1) is 12.5 Å². The van der Waals surface area contributed by atoms with E-state index in [9.17, 15) is 4.79 Å². The monoisotopic (exact) mass is 387 g/mol. The van der Waals surface area contributed by atoms with Crippen molar-refractivity contribution in [3.05, 3.63) is 47.0 Å². The average molecular weight is 388 g/mol. The van der Waals surface area contributed by atoms with Gasteiger partial charge in [-0.3, -0.25) is 4.79 Å². The van der Waals surface area contributed by atoms with Gasteiger partial charge in [0, 0.05) is 32.1 Å². The van der Waals surface area contributed by atoms with Crippen molar-refractivity contribution in [1.29, 1.82) is 0 Å². The number of aryl methyl sites for hydroxylation is 1. The van der Waals surface area contributed by atoms with Crippen LogP contribution in [-0.4, -0.2) is 45.2 Å². The van der Waals surface area contributed by atoms with Crippen molar-refractivity contribution in [2.24, 2.45) is 0 Å². The van der Waals surface area contributed by atoms with Gasteiger partial charge in [0.15, 0.2) is 0 Å². The van der Waals surface area contributed by atoms with Gasteiger partial charge in [0.25, 0.3) is 0 Å². The molecule has 2 aliphatic heterocycles. The van der Waals surface area contributed by atoms with E-state index < -0.39 is 0 Å². The number of halogens is 1. The van der Waals surface area contributed by atoms with Crippen molar-refractivity contribution >= 4 is 18.3 Å². The smallest absolute Gasteiger partial charge is 0.230 e. The minimum Gasteiger partial charge on any atom is -0.342 e.